The Kier molecular flexibility index (Phi) is 5.71. The van der Waals surface area contributed by atoms with Gasteiger partial charge in [-0.15, -0.1) is 11.3 Å². The zero-order chi connectivity index (χ0) is 18.8. The zero-order valence-corrected chi connectivity index (χ0v) is 16.8. The molecule has 0 fully saturated rings. The Morgan fingerprint density at radius 2 is 1.84 bits per heavy atom. The van der Waals surface area contributed by atoms with Crippen molar-refractivity contribution in [1.29, 1.82) is 0 Å². The van der Waals surface area contributed by atoms with E-state index in [0.29, 0.717) is 4.88 Å². The molecule has 0 saturated carbocycles. The standard InChI is InChI=1S/C18H24N2O3S2/c1-6-14-12(2)11-15(24-14)17(21)19-13-9-7-8-10-16(13)25(22,23)20-18(3,4)5/h7-11,20H,6H2,1-5H3,(H,19,21). The second kappa shape index (κ2) is 7.27. The van der Waals surface area contributed by atoms with E-state index >= 15 is 0 Å². The molecule has 0 saturated heterocycles. The number of hydrogen-bond donors (Lipinski definition) is 2. The number of amides is 1. The Bertz CT molecular complexity index is 878. The van der Waals surface area contributed by atoms with E-state index in [0.717, 1.165) is 16.9 Å². The number of nitrogens with one attached hydrogen (secondary N) is 2. The average Bonchev–Trinajstić information content (AvgIpc) is 2.86. The van der Waals surface area contributed by atoms with Gasteiger partial charge in [-0.05, 0) is 57.9 Å². The molecule has 0 unspecified atom stereocenters. The van der Waals surface area contributed by atoms with Crippen LogP contribution in [0.4, 0.5) is 5.69 Å². The largest absolute Gasteiger partial charge is 0.320 e. The molecule has 0 bridgehead atoms. The fourth-order valence-electron chi connectivity index (χ4n) is 2.43. The molecule has 136 valence electrons. The highest BCUT2D eigenvalue weighted by Crippen LogP contribution is 2.26. The van der Waals surface area contributed by atoms with Crippen molar-refractivity contribution in [1.82, 2.24) is 4.72 Å². The maximum Gasteiger partial charge on any atom is 0.265 e. The van der Waals surface area contributed by atoms with Gasteiger partial charge in [-0.2, -0.15) is 0 Å². The first-order chi connectivity index (χ1) is 11.5. The van der Waals surface area contributed by atoms with E-state index in [1.54, 1.807) is 39.0 Å². The zero-order valence-electron chi connectivity index (χ0n) is 15.1. The summed E-state index contributed by atoms with van der Waals surface area (Å²) in [5.41, 5.74) is 0.734. The highest BCUT2D eigenvalue weighted by atomic mass is 32.2. The van der Waals surface area contributed by atoms with Crippen LogP contribution in [0.3, 0.4) is 0 Å². The Morgan fingerprint density at radius 1 is 1.20 bits per heavy atom. The van der Waals surface area contributed by atoms with Crippen LogP contribution in [0.1, 0.15) is 47.8 Å². The number of anilines is 1. The van der Waals surface area contributed by atoms with Gasteiger partial charge in [-0.25, -0.2) is 13.1 Å². The molecule has 0 aliphatic heterocycles. The van der Waals surface area contributed by atoms with E-state index in [2.05, 4.69) is 10.0 Å². The fraction of sp³-hybridized carbons (Fsp3) is 0.389. The normalized spacial score (nSPS) is 12.2. The lowest BCUT2D eigenvalue weighted by atomic mass is 10.1. The van der Waals surface area contributed by atoms with Crippen LogP contribution in [0, 0.1) is 6.92 Å². The van der Waals surface area contributed by atoms with Crippen molar-refractivity contribution in [3.8, 4) is 0 Å². The number of hydrogen-bond acceptors (Lipinski definition) is 4. The van der Waals surface area contributed by atoms with Crippen molar-refractivity contribution in [2.45, 2.75) is 51.5 Å². The third-order valence-corrected chi connectivity index (χ3v) is 6.63. The SMILES string of the molecule is CCc1sc(C(=O)Nc2ccccc2S(=O)(=O)NC(C)(C)C)cc1C. The van der Waals surface area contributed by atoms with Crippen LogP contribution in [0.5, 0.6) is 0 Å². The van der Waals surface area contributed by atoms with Crippen LogP contribution in [-0.2, 0) is 16.4 Å². The summed E-state index contributed by atoms with van der Waals surface area (Å²) in [6.45, 7) is 9.32. The monoisotopic (exact) mass is 380 g/mol. The molecule has 0 atom stereocenters. The summed E-state index contributed by atoms with van der Waals surface area (Å²) in [6, 6.07) is 8.25. The summed E-state index contributed by atoms with van der Waals surface area (Å²) in [6.07, 6.45) is 0.865. The molecule has 1 amide bonds. The van der Waals surface area contributed by atoms with E-state index in [-0.39, 0.29) is 16.5 Å². The lowest BCUT2D eigenvalue weighted by Crippen LogP contribution is -2.40. The molecule has 2 N–H and O–H groups in total. The Balaban J connectivity index is 2.33. The predicted octanol–water partition coefficient (Wildman–Crippen LogP) is 3.95. The van der Waals surface area contributed by atoms with Crippen LogP contribution in [-0.4, -0.2) is 19.9 Å². The molecule has 1 aromatic carbocycles. The molecule has 0 radical (unpaired) electrons. The van der Waals surface area contributed by atoms with Gasteiger partial charge in [0.15, 0.2) is 0 Å². The molecule has 7 heteroatoms. The van der Waals surface area contributed by atoms with E-state index < -0.39 is 15.6 Å². The molecule has 5 nitrogen and oxygen atoms in total. The minimum absolute atomic E-state index is 0.0577. The van der Waals surface area contributed by atoms with Gasteiger partial charge in [0.25, 0.3) is 5.91 Å². The summed E-state index contributed by atoms with van der Waals surface area (Å²) in [4.78, 5) is 14.3. The molecular weight excluding hydrogens is 356 g/mol. The summed E-state index contributed by atoms with van der Waals surface area (Å²) >= 11 is 1.43. The molecule has 1 aromatic heterocycles. The number of para-hydroxylation sites is 1. The van der Waals surface area contributed by atoms with Crippen LogP contribution in [0.15, 0.2) is 35.2 Å². The van der Waals surface area contributed by atoms with Crippen molar-refractivity contribution in [3.63, 3.8) is 0 Å². The lowest BCUT2D eigenvalue weighted by molar-refractivity contribution is 0.103. The number of benzene rings is 1. The van der Waals surface area contributed by atoms with Gasteiger partial charge in [-0.3, -0.25) is 4.79 Å². The first-order valence-corrected chi connectivity index (χ1v) is 10.4. The van der Waals surface area contributed by atoms with Gasteiger partial charge < -0.3 is 5.32 Å². The highest BCUT2D eigenvalue weighted by Gasteiger charge is 2.25. The summed E-state index contributed by atoms with van der Waals surface area (Å²) in [7, 11) is -3.75. The average molecular weight is 381 g/mol. The lowest BCUT2D eigenvalue weighted by Gasteiger charge is -2.21. The van der Waals surface area contributed by atoms with Crippen LogP contribution in [0.2, 0.25) is 0 Å². The van der Waals surface area contributed by atoms with E-state index in [4.69, 9.17) is 0 Å². The number of thiophene rings is 1. The van der Waals surface area contributed by atoms with Gasteiger partial charge in [0.2, 0.25) is 10.0 Å². The summed E-state index contributed by atoms with van der Waals surface area (Å²) in [5, 5.41) is 2.74. The molecule has 25 heavy (non-hydrogen) atoms. The van der Waals surface area contributed by atoms with Crippen molar-refractivity contribution in [2.24, 2.45) is 0 Å². The molecular formula is C18H24N2O3S2. The van der Waals surface area contributed by atoms with E-state index in [1.165, 1.54) is 17.4 Å². The predicted molar refractivity (Wildman–Crippen MR) is 103 cm³/mol. The minimum atomic E-state index is -3.75. The molecule has 0 aliphatic rings. The minimum Gasteiger partial charge on any atom is -0.320 e. The smallest absolute Gasteiger partial charge is 0.265 e. The molecule has 2 rings (SSSR count). The first-order valence-electron chi connectivity index (χ1n) is 8.07. The van der Waals surface area contributed by atoms with Crippen LogP contribution in [0.25, 0.3) is 0 Å². The maximum absolute atomic E-state index is 12.6. The number of carbonyl (C=O) groups is 1. The number of rotatable bonds is 5. The number of aryl methyl sites for hydroxylation is 2. The summed E-state index contributed by atoms with van der Waals surface area (Å²) < 4.78 is 27.9. The number of sulfonamides is 1. The van der Waals surface area contributed by atoms with E-state index in [1.807, 2.05) is 19.9 Å². The second-order valence-corrected chi connectivity index (χ2v) is 9.66. The molecule has 0 spiro atoms. The van der Waals surface area contributed by atoms with Crippen molar-refractivity contribution < 1.29 is 13.2 Å². The van der Waals surface area contributed by atoms with Gasteiger partial charge in [-0.1, -0.05) is 19.1 Å². The second-order valence-electron chi connectivity index (χ2n) is 6.88. The third kappa shape index (κ3) is 4.90. The van der Waals surface area contributed by atoms with Crippen LogP contribution < -0.4 is 10.0 Å². The van der Waals surface area contributed by atoms with Crippen molar-refractivity contribution >= 4 is 33.0 Å². The van der Waals surface area contributed by atoms with Crippen molar-refractivity contribution in [3.05, 3.63) is 45.6 Å². The Labute approximate surface area is 153 Å². The Hall–Kier alpha value is -1.70. The van der Waals surface area contributed by atoms with E-state index in [9.17, 15) is 13.2 Å². The maximum atomic E-state index is 12.6. The molecule has 1 heterocycles. The fourth-order valence-corrected chi connectivity index (χ4v) is 5.02. The quantitative estimate of drug-likeness (QED) is 0.825. The topological polar surface area (TPSA) is 75.3 Å². The highest BCUT2D eigenvalue weighted by molar-refractivity contribution is 7.89. The molecule has 2 aromatic rings. The third-order valence-electron chi connectivity index (χ3n) is 3.43. The van der Waals surface area contributed by atoms with Crippen molar-refractivity contribution in [2.75, 3.05) is 5.32 Å². The van der Waals surface area contributed by atoms with Gasteiger partial charge in [0.1, 0.15) is 4.90 Å². The number of carbonyl (C=O) groups excluding carboxylic acids is 1. The molecule has 0 aliphatic carbocycles. The van der Waals surface area contributed by atoms with Gasteiger partial charge in [0.05, 0.1) is 10.6 Å². The van der Waals surface area contributed by atoms with Gasteiger partial charge in [0, 0.05) is 10.4 Å². The Morgan fingerprint density at radius 3 is 2.40 bits per heavy atom. The first kappa shape index (κ1) is 19.6. The van der Waals surface area contributed by atoms with Crippen LogP contribution >= 0.6 is 11.3 Å². The summed E-state index contributed by atoms with van der Waals surface area (Å²) in [5.74, 6) is -0.300. The van der Waals surface area contributed by atoms with Gasteiger partial charge >= 0.3 is 0 Å².